The summed E-state index contributed by atoms with van der Waals surface area (Å²) in [5, 5.41) is 2.64. The minimum Gasteiger partial charge on any atom is -0.469 e. The topological polar surface area (TPSA) is 143 Å². The number of amides is 1. The van der Waals surface area contributed by atoms with Gasteiger partial charge in [-0.1, -0.05) is 15.9 Å². The van der Waals surface area contributed by atoms with Crippen molar-refractivity contribution in [3.8, 4) is 0 Å². The van der Waals surface area contributed by atoms with Gasteiger partial charge in [0, 0.05) is 15.7 Å². The third-order valence-electron chi connectivity index (χ3n) is 4.79. The number of hydrogen-bond acceptors (Lipinski definition) is 9. The second kappa shape index (κ2) is 7.82. The Hall–Kier alpha value is -3.34. The quantitative estimate of drug-likeness (QED) is 0.476. The van der Waals surface area contributed by atoms with E-state index in [4.69, 9.17) is 19.9 Å². The summed E-state index contributed by atoms with van der Waals surface area (Å²) < 4.78 is 20.4. The zero-order valence-electron chi connectivity index (χ0n) is 16.2. The Balaban J connectivity index is 2.46. The summed E-state index contributed by atoms with van der Waals surface area (Å²) in [6.07, 6.45) is -0.533. The molecule has 3 rings (SSSR count). The zero-order valence-corrected chi connectivity index (χ0v) is 17.7. The number of nitrogens with one attached hydrogen (secondary N) is 1. The first-order chi connectivity index (χ1) is 14.2. The Bertz CT molecular complexity index is 1040. The minimum atomic E-state index is -2.06. The third-order valence-corrected chi connectivity index (χ3v) is 5.29. The highest BCUT2D eigenvalue weighted by Crippen LogP contribution is 2.53. The number of nitrogens with two attached hydrogens (primary N) is 1. The van der Waals surface area contributed by atoms with Gasteiger partial charge in [0.15, 0.2) is 0 Å². The average Bonchev–Trinajstić information content (AvgIpc) is 2.98. The molecule has 2 heterocycles. The number of ether oxygens (including phenoxy) is 4. The molecule has 30 heavy (non-hydrogen) atoms. The molecule has 2 aliphatic heterocycles. The van der Waals surface area contributed by atoms with Crippen LogP contribution in [0.2, 0.25) is 0 Å². The van der Waals surface area contributed by atoms with Gasteiger partial charge < -0.3 is 30.0 Å². The van der Waals surface area contributed by atoms with Gasteiger partial charge in [0.25, 0.3) is 0 Å². The molecule has 158 valence electrons. The first kappa shape index (κ1) is 21.4. The monoisotopic (exact) mass is 480 g/mol. The van der Waals surface area contributed by atoms with Crippen LogP contribution < -0.4 is 11.1 Å². The first-order valence-electron chi connectivity index (χ1n) is 8.48. The number of hydrogen-bond donors (Lipinski definition) is 2. The molecule has 3 N–H and O–H groups in total. The van der Waals surface area contributed by atoms with E-state index >= 15 is 0 Å². The van der Waals surface area contributed by atoms with E-state index in [-0.39, 0.29) is 16.9 Å². The first-order valence-corrected chi connectivity index (χ1v) is 9.28. The van der Waals surface area contributed by atoms with Crippen LogP contribution in [-0.4, -0.2) is 45.1 Å². The van der Waals surface area contributed by atoms with Crippen LogP contribution in [0.5, 0.6) is 0 Å². The van der Waals surface area contributed by atoms with Gasteiger partial charge in [-0.25, -0.2) is 9.59 Å². The van der Waals surface area contributed by atoms with Crippen molar-refractivity contribution in [2.24, 2.45) is 5.73 Å². The molecular formula is C19H17BrN2O8. The lowest BCUT2D eigenvalue weighted by Crippen LogP contribution is -2.48. The van der Waals surface area contributed by atoms with Crippen LogP contribution >= 0.6 is 15.9 Å². The summed E-state index contributed by atoms with van der Waals surface area (Å²) in [5.74, 6) is -4.27. The number of methoxy groups -OCH3 is 3. The van der Waals surface area contributed by atoms with Crippen molar-refractivity contribution in [3.05, 3.63) is 51.0 Å². The lowest BCUT2D eigenvalue weighted by molar-refractivity contribution is -0.141. The Morgan fingerprint density at radius 3 is 2.33 bits per heavy atom. The molecule has 0 aromatic heterocycles. The summed E-state index contributed by atoms with van der Waals surface area (Å²) in [7, 11) is 3.33. The second-order valence-electron chi connectivity index (χ2n) is 6.27. The van der Waals surface area contributed by atoms with Crippen molar-refractivity contribution < 1.29 is 38.1 Å². The molecular weight excluding hydrogens is 464 g/mol. The van der Waals surface area contributed by atoms with Crippen LogP contribution in [0.1, 0.15) is 12.0 Å². The average molecular weight is 481 g/mol. The maximum Gasteiger partial charge on any atom is 0.340 e. The van der Waals surface area contributed by atoms with E-state index in [0.29, 0.717) is 10.2 Å². The predicted octanol–water partition coefficient (Wildman–Crippen LogP) is 1.00. The molecule has 1 aromatic carbocycles. The van der Waals surface area contributed by atoms with Gasteiger partial charge in [-0.15, -0.1) is 0 Å². The Morgan fingerprint density at radius 2 is 1.73 bits per heavy atom. The Kier molecular flexibility index (Phi) is 5.57. The van der Waals surface area contributed by atoms with Crippen LogP contribution in [0, 0.1) is 0 Å². The smallest absolute Gasteiger partial charge is 0.340 e. The van der Waals surface area contributed by atoms with Crippen LogP contribution in [0.3, 0.4) is 0 Å². The van der Waals surface area contributed by atoms with E-state index in [1.807, 2.05) is 0 Å². The summed E-state index contributed by atoms with van der Waals surface area (Å²) in [5.41, 5.74) is 3.72. The highest BCUT2D eigenvalue weighted by Gasteiger charge is 2.62. The fourth-order valence-corrected chi connectivity index (χ4v) is 3.94. The van der Waals surface area contributed by atoms with Crippen LogP contribution in [-0.2, 0) is 43.5 Å². The van der Waals surface area contributed by atoms with Crippen LogP contribution in [0.25, 0.3) is 0 Å². The molecule has 0 bridgehead atoms. The van der Waals surface area contributed by atoms with E-state index < -0.39 is 47.1 Å². The standard InChI is InChI=1S/C19H17BrN2O8/c1-27-12(23)7-11-13(16(24)28-2)19(14(15(21)30-11)17(25)29-3)9-6-8(20)4-5-10(9)22-18(19)26/h4-6H,7,21H2,1-3H3,(H,22,26)/t19-/m1/s1. The summed E-state index contributed by atoms with van der Waals surface area (Å²) in [6.45, 7) is 0. The fraction of sp³-hybridized carbons (Fsp3) is 0.263. The predicted molar refractivity (Wildman–Crippen MR) is 104 cm³/mol. The Morgan fingerprint density at radius 1 is 1.10 bits per heavy atom. The van der Waals surface area contributed by atoms with Gasteiger partial charge in [0.05, 0.1) is 21.3 Å². The van der Waals surface area contributed by atoms with Gasteiger partial charge in [0.2, 0.25) is 11.8 Å². The lowest BCUT2D eigenvalue weighted by Gasteiger charge is -2.35. The lowest BCUT2D eigenvalue weighted by atomic mass is 9.67. The molecule has 0 saturated carbocycles. The van der Waals surface area contributed by atoms with E-state index in [0.717, 1.165) is 21.3 Å². The Labute approximate surface area is 179 Å². The van der Waals surface area contributed by atoms with Crippen molar-refractivity contribution >= 4 is 45.4 Å². The number of halogens is 1. The molecule has 1 spiro atoms. The van der Waals surface area contributed by atoms with Crippen molar-refractivity contribution in [1.29, 1.82) is 0 Å². The zero-order chi connectivity index (χ0) is 22.2. The number of esters is 3. The number of anilines is 1. The normalized spacial score (nSPS) is 19.8. The number of carbonyl (C=O) groups is 4. The molecule has 10 nitrogen and oxygen atoms in total. The summed E-state index contributed by atoms with van der Waals surface area (Å²) >= 11 is 3.32. The molecule has 2 aliphatic rings. The SMILES string of the molecule is COC(=O)CC1=C(C(=O)OC)[C@@]2(C(=O)Nc3ccc(Br)cc32)C(C(=O)OC)=C(N)O1. The molecule has 0 fully saturated rings. The van der Waals surface area contributed by atoms with E-state index in [9.17, 15) is 19.2 Å². The second-order valence-corrected chi connectivity index (χ2v) is 7.19. The largest absolute Gasteiger partial charge is 0.469 e. The van der Waals surface area contributed by atoms with E-state index in [1.165, 1.54) is 0 Å². The van der Waals surface area contributed by atoms with Crippen molar-refractivity contribution in [2.75, 3.05) is 26.6 Å². The van der Waals surface area contributed by atoms with Crippen molar-refractivity contribution in [1.82, 2.24) is 0 Å². The van der Waals surface area contributed by atoms with Gasteiger partial charge in [0.1, 0.15) is 28.7 Å². The van der Waals surface area contributed by atoms with Gasteiger partial charge >= 0.3 is 17.9 Å². The summed E-state index contributed by atoms with van der Waals surface area (Å²) in [6, 6.07) is 4.80. The molecule has 1 amide bonds. The van der Waals surface area contributed by atoms with Gasteiger partial charge in [-0.05, 0) is 18.2 Å². The molecule has 0 radical (unpaired) electrons. The molecule has 1 aromatic rings. The van der Waals surface area contributed by atoms with Crippen LogP contribution in [0.4, 0.5) is 5.69 Å². The van der Waals surface area contributed by atoms with E-state index in [2.05, 4.69) is 26.0 Å². The maximum absolute atomic E-state index is 13.4. The number of carbonyl (C=O) groups excluding carboxylic acids is 4. The molecule has 0 aliphatic carbocycles. The van der Waals surface area contributed by atoms with Gasteiger partial charge in [-0.2, -0.15) is 0 Å². The number of benzene rings is 1. The fourth-order valence-electron chi connectivity index (χ4n) is 3.58. The summed E-state index contributed by atoms with van der Waals surface area (Å²) in [4.78, 5) is 51.0. The van der Waals surface area contributed by atoms with E-state index in [1.54, 1.807) is 18.2 Å². The highest BCUT2D eigenvalue weighted by molar-refractivity contribution is 9.10. The molecule has 11 heteroatoms. The molecule has 0 saturated heterocycles. The maximum atomic E-state index is 13.4. The third kappa shape index (κ3) is 3.02. The highest BCUT2D eigenvalue weighted by atomic mass is 79.9. The van der Waals surface area contributed by atoms with Crippen molar-refractivity contribution in [2.45, 2.75) is 11.8 Å². The molecule has 1 atom stereocenters. The molecule has 0 unspecified atom stereocenters. The van der Waals surface area contributed by atoms with Crippen molar-refractivity contribution in [3.63, 3.8) is 0 Å². The number of rotatable bonds is 4. The minimum absolute atomic E-state index is 0.233. The van der Waals surface area contributed by atoms with Crippen LogP contribution in [0.15, 0.2) is 45.5 Å². The number of fused-ring (bicyclic) bond motifs is 2. The van der Waals surface area contributed by atoms with Gasteiger partial charge in [-0.3, -0.25) is 9.59 Å².